The Bertz CT molecular complexity index is 150. The molecular weight excluding hydrogens is 172 g/mol. The second-order valence-electron chi connectivity index (χ2n) is 2.62. The normalized spacial score (nSPS) is 12.2. The lowest BCUT2D eigenvalue weighted by atomic mass is 10.2. The van der Waals surface area contributed by atoms with Crippen LogP contribution >= 0.6 is 12.6 Å². The second kappa shape index (κ2) is 7.18. The van der Waals surface area contributed by atoms with Crippen molar-refractivity contribution in [3.63, 3.8) is 0 Å². The Labute approximate surface area is 79.0 Å². The van der Waals surface area contributed by atoms with Crippen LogP contribution in [0.4, 0.5) is 0 Å². The fraction of sp³-hybridized carbons (Fsp3) is 0.625. The van der Waals surface area contributed by atoms with Gasteiger partial charge in [-0.15, -0.1) is 6.58 Å². The highest BCUT2D eigenvalue weighted by molar-refractivity contribution is 7.80. The molecule has 70 valence electrons. The molecule has 0 rings (SSSR count). The molecule has 0 aliphatic carbocycles. The van der Waals surface area contributed by atoms with Gasteiger partial charge in [-0.05, 0) is 11.7 Å². The fourth-order valence-corrected chi connectivity index (χ4v) is 0.761. The van der Waals surface area contributed by atoms with Gasteiger partial charge in [0.2, 0.25) is 5.91 Å². The number of carbonyl (C=O) groups excluding carboxylic acids is 1. The summed E-state index contributed by atoms with van der Waals surface area (Å²) in [5.41, 5.74) is 5.38. The van der Waals surface area contributed by atoms with Gasteiger partial charge in [0.1, 0.15) is 0 Å². The van der Waals surface area contributed by atoms with E-state index >= 15 is 0 Å². The summed E-state index contributed by atoms with van der Waals surface area (Å²) in [4.78, 5) is 10.9. The monoisotopic (exact) mass is 188 g/mol. The number of carbonyl (C=O) groups is 1. The van der Waals surface area contributed by atoms with Crippen LogP contribution in [0.15, 0.2) is 12.7 Å². The summed E-state index contributed by atoms with van der Waals surface area (Å²) in [6.07, 6.45) is 2.27. The van der Waals surface area contributed by atoms with Crippen molar-refractivity contribution in [2.24, 2.45) is 5.92 Å². The number of thiol groups is 1. The maximum atomic E-state index is 10.9. The first kappa shape index (κ1) is 11.5. The maximum Gasteiger partial charge on any atom is 0.234 e. The Kier molecular flexibility index (Phi) is 6.90. The number of nitrogens with one attached hydrogen (secondary N) is 2. The molecule has 0 spiro atoms. The zero-order valence-electron chi connectivity index (χ0n) is 7.34. The van der Waals surface area contributed by atoms with E-state index in [9.17, 15) is 4.79 Å². The smallest absolute Gasteiger partial charge is 0.234 e. The fourth-order valence-electron chi connectivity index (χ4n) is 0.558. The third kappa shape index (κ3) is 6.24. The van der Waals surface area contributed by atoms with E-state index in [1.807, 2.05) is 13.0 Å². The van der Waals surface area contributed by atoms with Gasteiger partial charge in [0, 0.05) is 13.0 Å². The molecule has 0 saturated heterocycles. The Morgan fingerprint density at radius 2 is 2.42 bits per heavy atom. The zero-order chi connectivity index (χ0) is 9.40. The van der Waals surface area contributed by atoms with Crippen LogP contribution < -0.4 is 10.9 Å². The summed E-state index contributed by atoms with van der Waals surface area (Å²) in [6, 6.07) is 0. The van der Waals surface area contributed by atoms with Crippen LogP contribution in [-0.2, 0) is 4.79 Å². The standard InChI is InChI=1S/C8H16N2OS/c1-3-7(2)6-9-10-8(11)4-5-12/h3,7,9,12H,1,4-6H2,2H3,(H,10,11). The number of rotatable bonds is 6. The molecule has 0 saturated carbocycles. The number of hydrazine groups is 1. The quantitative estimate of drug-likeness (QED) is 0.327. The van der Waals surface area contributed by atoms with Crippen molar-refractivity contribution in [3.8, 4) is 0 Å². The van der Waals surface area contributed by atoms with Crippen LogP contribution in [0.2, 0.25) is 0 Å². The number of hydrogen-bond donors (Lipinski definition) is 3. The predicted molar refractivity (Wildman–Crippen MR) is 54.0 cm³/mol. The summed E-state index contributed by atoms with van der Waals surface area (Å²) in [7, 11) is 0. The lowest BCUT2D eigenvalue weighted by Gasteiger charge is -2.08. The van der Waals surface area contributed by atoms with Crippen LogP contribution in [0, 0.1) is 5.92 Å². The Morgan fingerprint density at radius 3 is 2.92 bits per heavy atom. The van der Waals surface area contributed by atoms with Crippen molar-refractivity contribution in [2.45, 2.75) is 13.3 Å². The lowest BCUT2D eigenvalue weighted by Crippen LogP contribution is -2.39. The first-order valence-electron chi connectivity index (χ1n) is 3.95. The minimum atomic E-state index is -0.0266. The maximum absolute atomic E-state index is 10.9. The average Bonchev–Trinajstić information content (AvgIpc) is 2.04. The minimum absolute atomic E-state index is 0.0266. The van der Waals surface area contributed by atoms with Crippen LogP contribution in [0.5, 0.6) is 0 Å². The summed E-state index contributed by atoms with van der Waals surface area (Å²) in [5, 5.41) is 0. The van der Waals surface area contributed by atoms with E-state index < -0.39 is 0 Å². The van der Waals surface area contributed by atoms with Crippen molar-refractivity contribution in [3.05, 3.63) is 12.7 Å². The van der Waals surface area contributed by atoms with Gasteiger partial charge in [0.05, 0.1) is 0 Å². The zero-order valence-corrected chi connectivity index (χ0v) is 8.23. The molecule has 0 aliphatic rings. The SMILES string of the molecule is C=CC(C)CNNC(=O)CCS. The lowest BCUT2D eigenvalue weighted by molar-refractivity contribution is -0.121. The van der Waals surface area contributed by atoms with Crippen molar-refractivity contribution in [1.82, 2.24) is 10.9 Å². The molecule has 3 nitrogen and oxygen atoms in total. The van der Waals surface area contributed by atoms with E-state index in [0.29, 0.717) is 24.6 Å². The predicted octanol–water partition coefficient (Wildman–Crippen LogP) is 0.749. The molecule has 0 bridgehead atoms. The summed E-state index contributed by atoms with van der Waals surface area (Å²) in [6.45, 7) is 6.36. The molecule has 12 heavy (non-hydrogen) atoms. The van der Waals surface area contributed by atoms with Gasteiger partial charge in [-0.1, -0.05) is 13.0 Å². The molecule has 0 aromatic carbocycles. The molecule has 1 amide bonds. The van der Waals surface area contributed by atoms with Crippen LogP contribution in [0.3, 0.4) is 0 Å². The Balaban J connectivity index is 3.30. The second-order valence-corrected chi connectivity index (χ2v) is 3.06. The largest absolute Gasteiger partial charge is 0.292 e. The number of hydrogen-bond acceptors (Lipinski definition) is 3. The van der Waals surface area contributed by atoms with E-state index in [0.717, 1.165) is 0 Å². The van der Waals surface area contributed by atoms with Crippen molar-refractivity contribution in [2.75, 3.05) is 12.3 Å². The third-order valence-corrected chi connectivity index (χ3v) is 1.62. The third-order valence-electron chi connectivity index (χ3n) is 1.39. The van der Waals surface area contributed by atoms with Gasteiger partial charge < -0.3 is 0 Å². The van der Waals surface area contributed by atoms with E-state index in [4.69, 9.17) is 0 Å². The molecule has 0 fully saturated rings. The average molecular weight is 188 g/mol. The highest BCUT2D eigenvalue weighted by Crippen LogP contribution is 1.90. The molecular formula is C8H16N2OS. The first-order chi connectivity index (χ1) is 5.70. The van der Waals surface area contributed by atoms with E-state index in [-0.39, 0.29) is 5.91 Å². The van der Waals surface area contributed by atoms with Crippen molar-refractivity contribution < 1.29 is 4.79 Å². The molecule has 1 atom stereocenters. The van der Waals surface area contributed by atoms with Gasteiger partial charge in [-0.25, -0.2) is 5.43 Å². The number of amides is 1. The van der Waals surface area contributed by atoms with Crippen molar-refractivity contribution >= 4 is 18.5 Å². The molecule has 0 aliphatic heterocycles. The molecule has 0 radical (unpaired) electrons. The van der Waals surface area contributed by atoms with Gasteiger partial charge in [0.15, 0.2) is 0 Å². The summed E-state index contributed by atoms with van der Waals surface area (Å²) < 4.78 is 0. The van der Waals surface area contributed by atoms with E-state index in [1.54, 1.807) is 0 Å². The van der Waals surface area contributed by atoms with Gasteiger partial charge in [0.25, 0.3) is 0 Å². The van der Waals surface area contributed by atoms with Crippen LogP contribution in [0.25, 0.3) is 0 Å². The molecule has 1 unspecified atom stereocenters. The minimum Gasteiger partial charge on any atom is -0.292 e. The molecule has 0 aromatic heterocycles. The summed E-state index contributed by atoms with van der Waals surface area (Å²) >= 11 is 3.94. The first-order valence-corrected chi connectivity index (χ1v) is 4.59. The molecule has 2 N–H and O–H groups in total. The van der Waals surface area contributed by atoms with Crippen LogP contribution in [-0.4, -0.2) is 18.2 Å². The Hall–Kier alpha value is -0.480. The van der Waals surface area contributed by atoms with Gasteiger partial charge in [-0.2, -0.15) is 12.6 Å². The van der Waals surface area contributed by atoms with Gasteiger partial charge in [-0.3, -0.25) is 10.2 Å². The summed E-state index contributed by atoms with van der Waals surface area (Å²) in [5.74, 6) is 0.910. The highest BCUT2D eigenvalue weighted by atomic mass is 32.1. The molecule has 0 heterocycles. The molecule has 4 heteroatoms. The molecule has 0 aromatic rings. The highest BCUT2D eigenvalue weighted by Gasteiger charge is 1.98. The van der Waals surface area contributed by atoms with E-state index in [2.05, 4.69) is 30.1 Å². The van der Waals surface area contributed by atoms with E-state index in [1.165, 1.54) is 0 Å². The Morgan fingerprint density at radius 1 is 1.75 bits per heavy atom. The van der Waals surface area contributed by atoms with Gasteiger partial charge >= 0.3 is 0 Å². The topological polar surface area (TPSA) is 41.1 Å². The van der Waals surface area contributed by atoms with Crippen molar-refractivity contribution in [1.29, 1.82) is 0 Å². The van der Waals surface area contributed by atoms with Crippen LogP contribution in [0.1, 0.15) is 13.3 Å².